The Morgan fingerprint density at radius 2 is 2.00 bits per heavy atom. The minimum Gasteiger partial charge on any atom is -0.497 e. The summed E-state index contributed by atoms with van der Waals surface area (Å²) in [5.74, 6) is -1.43. The van der Waals surface area contributed by atoms with E-state index in [1.165, 1.54) is 6.08 Å². The topological polar surface area (TPSA) is 61.0 Å². The normalized spacial score (nSPS) is 15.6. The Morgan fingerprint density at radius 3 is 2.68 bits per heavy atom. The van der Waals surface area contributed by atoms with Gasteiger partial charge in [-0.15, -0.1) is 0 Å². The van der Waals surface area contributed by atoms with Gasteiger partial charge >= 0.3 is 5.97 Å². The van der Waals surface area contributed by atoms with Crippen molar-refractivity contribution in [2.75, 3.05) is 7.11 Å². The summed E-state index contributed by atoms with van der Waals surface area (Å²) in [5, 5.41) is 0. The van der Waals surface area contributed by atoms with Crippen LogP contribution in [0.15, 0.2) is 51.5 Å². The van der Waals surface area contributed by atoms with Crippen LogP contribution < -0.4 is 4.74 Å². The fraction of sp³-hybridized carbons (Fsp3) is 0.176. The average Bonchev–Trinajstić information content (AvgIpc) is 3.20. The van der Waals surface area contributed by atoms with E-state index in [-0.39, 0.29) is 17.3 Å². The molecule has 8 heteroatoms. The van der Waals surface area contributed by atoms with Crippen molar-refractivity contribution < 1.29 is 27.5 Å². The molecule has 25 heavy (non-hydrogen) atoms. The van der Waals surface area contributed by atoms with Gasteiger partial charge in [0.05, 0.1) is 12.9 Å². The third-order valence-electron chi connectivity index (χ3n) is 3.27. The van der Waals surface area contributed by atoms with Crippen LogP contribution in [-0.2, 0) is 15.3 Å². The van der Waals surface area contributed by atoms with Gasteiger partial charge in [0, 0.05) is 11.6 Å². The number of methoxy groups -OCH3 is 1. The first-order chi connectivity index (χ1) is 12.0. The Labute approximate surface area is 146 Å². The number of alkyl halides is 2. The maximum absolute atomic E-state index is 12.2. The van der Waals surface area contributed by atoms with Crippen LogP contribution in [0.25, 0.3) is 6.08 Å². The zero-order valence-corrected chi connectivity index (χ0v) is 13.9. The van der Waals surface area contributed by atoms with Crippen LogP contribution in [0, 0.1) is 0 Å². The predicted molar refractivity (Wildman–Crippen MR) is 89.6 cm³/mol. The van der Waals surface area contributed by atoms with E-state index in [9.17, 15) is 13.6 Å². The van der Waals surface area contributed by atoms with Crippen molar-refractivity contribution in [2.24, 2.45) is 4.99 Å². The molecule has 0 atom stereocenters. The molecule has 0 unspecified atom stereocenters. The van der Waals surface area contributed by atoms with Gasteiger partial charge in [0.2, 0.25) is 5.90 Å². The zero-order chi connectivity index (χ0) is 17.8. The van der Waals surface area contributed by atoms with Crippen molar-refractivity contribution in [3.8, 4) is 5.75 Å². The summed E-state index contributed by atoms with van der Waals surface area (Å²) in [5.41, 5.74) is 0.708. The second kappa shape index (κ2) is 7.52. The number of hydrogen-bond acceptors (Lipinski definition) is 6. The molecule has 130 valence electrons. The largest absolute Gasteiger partial charge is 0.497 e. The molecule has 0 bridgehead atoms. The quantitative estimate of drug-likeness (QED) is 0.570. The number of nitrogens with zero attached hydrogens (tertiary/aromatic N) is 1. The lowest BCUT2D eigenvalue weighted by Crippen LogP contribution is -2.05. The highest BCUT2D eigenvalue weighted by Crippen LogP contribution is 2.24. The van der Waals surface area contributed by atoms with Crippen molar-refractivity contribution in [1.29, 1.82) is 0 Å². The van der Waals surface area contributed by atoms with E-state index >= 15 is 0 Å². The molecular weight excluding hydrogens is 352 g/mol. The van der Waals surface area contributed by atoms with Crippen molar-refractivity contribution in [3.05, 3.63) is 59.2 Å². The van der Waals surface area contributed by atoms with Gasteiger partial charge in [-0.2, -0.15) is 8.78 Å². The number of furan rings is 1. The summed E-state index contributed by atoms with van der Waals surface area (Å²) in [7, 11) is 1.56. The number of carbonyl (C=O) groups is 1. The lowest BCUT2D eigenvalue weighted by molar-refractivity contribution is -0.129. The van der Waals surface area contributed by atoms with Crippen LogP contribution in [0.3, 0.4) is 0 Å². The molecule has 0 radical (unpaired) electrons. The number of esters is 1. The smallest absolute Gasteiger partial charge is 0.363 e. The summed E-state index contributed by atoms with van der Waals surface area (Å²) in [6.07, 6.45) is 1.41. The van der Waals surface area contributed by atoms with Crippen LogP contribution >= 0.6 is 11.8 Å². The van der Waals surface area contributed by atoms with E-state index in [0.717, 1.165) is 0 Å². The first-order valence-electron chi connectivity index (χ1n) is 7.20. The number of carbonyl (C=O) groups excluding carboxylic acids is 1. The first-order valence-corrected chi connectivity index (χ1v) is 8.25. The summed E-state index contributed by atoms with van der Waals surface area (Å²) in [6.45, 7) is 0. The van der Waals surface area contributed by atoms with Crippen LogP contribution in [0.1, 0.15) is 17.1 Å². The maximum Gasteiger partial charge on any atom is 0.363 e. The van der Waals surface area contributed by atoms with E-state index in [0.29, 0.717) is 34.6 Å². The van der Waals surface area contributed by atoms with Crippen LogP contribution in [0.2, 0.25) is 0 Å². The van der Waals surface area contributed by atoms with Gasteiger partial charge in [0.1, 0.15) is 17.3 Å². The van der Waals surface area contributed by atoms with E-state index in [1.807, 2.05) is 0 Å². The number of hydrogen-bond donors (Lipinski definition) is 0. The van der Waals surface area contributed by atoms with Gasteiger partial charge in [0.25, 0.3) is 5.76 Å². The van der Waals surface area contributed by atoms with Gasteiger partial charge in [-0.25, -0.2) is 9.79 Å². The minimum atomic E-state index is -2.46. The molecule has 1 aliphatic heterocycles. The number of rotatable bonds is 6. The first kappa shape index (κ1) is 17.2. The molecule has 1 aromatic heterocycles. The maximum atomic E-state index is 12.2. The van der Waals surface area contributed by atoms with Crippen molar-refractivity contribution in [2.45, 2.75) is 11.5 Å². The molecule has 0 aliphatic carbocycles. The molecule has 0 saturated heterocycles. The molecule has 1 aromatic carbocycles. The molecule has 0 amide bonds. The van der Waals surface area contributed by atoms with Gasteiger partial charge in [0.15, 0.2) is 5.70 Å². The van der Waals surface area contributed by atoms with Gasteiger partial charge in [-0.05, 0) is 36.4 Å². The highest BCUT2D eigenvalue weighted by atomic mass is 32.2. The summed E-state index contributed by atoms with van der Waals surface area (Å²) >= 11 is 0.464. The molecule has 1 aliphatic rings. The van der Waals surface area contributed by atoms with Crippen molar-refractivity contribution in [3.63, 3.8) is 0 Å². The summed E-state index contributed by atoms with van der Waals surface area (Å²) in [6, 6.07) is 10.1. The lowest BCUT2D eigenvalue weighted by Gasteiger charge is -2.01. The molecule has 0 saturated carbocycles. The minimum absolute atomic E-state index is 0.0473. The Balaban J connectivity index is 1.76. The zero-order valence-electron chi connectivity index (χ0n) is 13.1. The van der Waals surface area contributed by atoms with E-state index in [4.69, 9.17) is 13.9 Å². The second-order valence-electron chi connectivity index (χ2n) is 4.94. The standard InChI is InChI=1S/C17H13F2NO4S/c1-22-11-4-2-10(3-5-11)15-20-14(16(21)24-15)8-12-6-7-13(23-12)9-25-17(18)19/h2-8,17H,9H2,1H3/b14-8-. The Morgan fingerprint density at radius 1 is 1.24 bits per heavy atom. The van der Waals surface area contributed by atoms with E-state index in [1.54, 1.807) is 43.5 Å². The SMILES string of the molecule is COc1ccc(C2=N/C(=C\c3ccc(CSC(F)F)o3)C(=O)O2)cc1. The van der Waals surface area contributed by atoms with Crippen LogP contribution in [-0.4, -0.2) is 24.7 Å². The van der Waals surface area contributed by atoms with Gasteiger partial charge in [-0.3, -0.25) is 0 Å². The van der Waals surface area contributed by atoms with Crippen molar-refractivity contribution >= 4 is 29.7 Å². The Hall–Kier alpha value is -2.61. The molecule has 2 heterocycles. The van der Waals surface area contributed by atoms with Gasteiger partial charge in [-0.1, -0.05) is 11.8 Å². The van der Waals surface area contributed by atoms with Gasteiger partial charge < -0.3 is 13.9 Å². The summed E-state index contributed by atoms with van der Waals surface area (Å²) in [4.78, 5) is 16.1. The van der Waals surface area contributed by atoms with E-state index in [2.05, 4.69) is 4.99 Å². The fourth-order valence-electron chi connectivity index (χ4n) is 2.10. The predicted octanol–water partition coefficient (Wildman–Crippen LogP) is 4.09. The second-order valence-corrected chi connectivity index (χ2v) is 5.92. The summed E-state index contributed by atoms with van der Waals surface area (Å²) < 4.78 is 40.0. The number of aliphatic imine (C=N–C) groups is 1. The Bertz CT molecular complexity index is 827. The number of halogens is 2. The third kappa shape index (κ3) is 4.27. The molecular formula is C17H13F2NO4S. The molecule has 5 nitrogen and oxygen atoms in total. The monoisotopic (exact) mass is 365 g/mol. The molecule has 0 fully saturated rings. The molecule has 2 aromatic rings. The lowest BCUT2D eigenvalue weighted by atomic mass is 10.2. The highest BCUT2D eigenvalue weighted by Gasteiger charge is 2.24. The fourth-order valence-corrected chi connectivity index (χ4v) is 2.54. The van der Waals surface area contributed by atoms with Crippen LogP contribution in [0.4, 0.5) is 8.78 Å². The highest BCUT2D eigenvalue weighted by molar-refractivity contribution is 7.98. The number of cyclic esters (lactones) is 1. The number of benzene rings is 1. The molecule has 0 N–H and O–H groups in total. The molecule has 0 spiro atoms. The average molecular weight is 365 g/mol. The Kier molecular flexibility index (Phi) is 5.18. The third-order valence-corrected chi connectivity index (χ3v) is 3.97. The number of ether oxygens (including phenoxy) is 2. The molecule has 3 rings (SSSR count). The van der Waals surface area contributed by atoms with E-state index < -0.39 is 11.7 Å². The number of thioether (sulfide) groups is 1. The van der Waals surface area contributed by atoms with Crippen LogP contribution in [0.5, 0.6) is 5.75 Å². The van der Waals surface area contributed by atoms with Crippen molar-refractivity contribution in [1.82, 2.24) is 0 Å².